The molecule has 16 heavy (non-hydrogen) atoms. The first-order valence-electron chi connectivity index (χ1n) is 5.87. The van der Waals surface area contributed by atoms with Crippen LogP contribution in [0.4, 0.5) is 0 Å². The molecule has 0 aliphatic carbocycles. The first-order valence-corrected chi connectivity index (χ1v) is 7.42. The highest BCUT2D eigenvalue weighted by Gasteiger charge is 2.42. The van der Waals surface area contributed by atoms with Gasteiger partial charge in [-0.2, -0.15) is 0 Å². The molecule has 0 saturated carbocycles. The molecule has 0 atom stereocenters. The van der Waals surface area contributed by atoms with E-state index in [9.17, 15) is 8.42 Å². The molecule has 98 valence electrons. The molecule has 0 aromatic rings. The van der Waals surface area contributed by atoms with Gasteiger partial charge >= 0.3 is 0 Å². The minimum absolute atomic E-state index is 0.102. The van der Waals surface area contributed by atoms with Crippen LogP contribution in [0.2, 0.25) is 0 Å². The van der Waals surface area contributed by atoms with Gasteiger partial charge in [0.25, 0.3) is 0 Å². The predicted molar refractivity (Wildman–Crippen MR) is 69.9 cm³/mol. The summed E-state index contributed by atoms with van der Waals surface area (Å²) in [4.78, 5) is 0. The van der Waals surface area contributed by atoms with Crippen molar-refractivity contribution in [3.63, 3.8) is 0 Å². The molecule has 4 heteroatoms. The van der Waals surface area contributed by atoms with Crippen LogP contribution in [0.5, 0.6) is 0 Å². The van der Waals surface area contributed by atoms with E-state index >= 15 is 0 Å². The fraction of sp³-hybridized carbons (Fsp3) is 1.00. The normalized spacial score (nSPS) is 14.9. The quantitative estimate of drug-likeness (QED) is 0.814. The highest BCUT2D eigenvalue weighted by Crippen LogP contribution is 2.38. The Balaban J connectivity index is 5.12. The average molecular weight is 249 g/mol. The Hall–Kier alpha value is -0.0900. The van der Waals surface area contributed by atoms with Crippen molar-refractivity contribution in [2.75, 3.05) is 0 Å². The van der Waals surface area contributed by atoms with Crippen molar-refractivity contribution in [3.05, 3.63) is 0 Å². The highest BCUT2D eigenvalue weighted by atomic mass is 32.2. The van der Waals surface area contributed by atoms with Gasteiger partial charge in [0, 0.05) is 5.54 Å². The summed E-state index contributed by atoms with van der Waals surface area (Å²) in [5.74, 6) is 0.400. The van der Waals surface area contributed by atoms with E-state index in [1.807, 2.05) is 13.8 Å². The molecule has 3 nitrogen and oxygen atoms in total. The van der Waals surface area contributed by atoms with Crippen molar-refractivity contribution in [2.45, 2.75) is 66.2 Å². The summed E-state index contributed by atoms with van der Waals surface area (Å²) in [6, 6.07) is 0. The fourth-order valence-electron chi connectivity index (χ4n) is 1.33. The molecule has 0 bridgehead atoms. The second-order valence-electron chi connectivity index (χ2n) is 6.20. The van der Waals surface area contributed by atoms with Crippen molar-refractivity contribution in [2.24, 2.45) is 11.3 Å². The minimum atomic E-state index is -3.22. The fourth-order valence-corrected chi connectivity index (χ4v) is 2.54. The summed E-state index contributed by atoms with van der Waals surface area (Å²) < 4.78 is 26.6. The molecule has 0 aliphatic rings. The third kappa shape index (κ3) is 3.20. The molecule has 0 fully saturated rings. The van der Waals surface area contributed by atoms with Crippen molar-refractivity contribution >= 4 is 10.0 Å². The summed E-state index contributed by atoms with van der Waals surface area (Å²) in [6.45, 7) is 15.7. The van der Waals surface area contributed by atoms with Crippen molar-refractivity contribution in [1.29, 1.82) is 0 Å². The zero-order chi connectivity index (χ0) is 13.4. The van der Waals surface area contributed by atoms with Gasteiger partial charge in [0.1, 0.15) is 0 Å². The molecular formula is C12H27NO2S. The average Bonchev–Trinajstić information content (AvgIpc) is 2.00. The lowest BCUT2D eigenvalue weighted by Crippen LogP contribution is -2.56. The van der Waals surface area contributed by atoms with Crippen LogP contribution in [0.25, 0.3) is 0 Å². The molecule has 0 aromatic carbocycles. The standard InChI is InChI=1S/C12H27NO2S/c1-9(2)11(5,6)12(7,8)13-16(14,15)10(3)4/h9-10,13H,1-8H3. The largest absolute Gasteiger partial charge is 0.214 e. The maximum absolute atomic E-state index is 11.9. The topological polar surface area (TPSA) is 46.2 Å². The van der Waals surface area contributed by atoms with Crippen LogP contribution < -0.4 is 4.72 Å². The maximum atomic E-state index is 11.9. The zero-order valence-electron chi connectivity index (χ0n) is 11.9. The van der Waals surface area contributed by atoms with E-state index < -0.39 is 20.8 Å². The van der Waals surface area contributed by atoms with Gasteiger partial charge < -0.3 is 0 Å². The number of hydrogen-bond donors (Lipinski definition) is 1. The van der Waals surface area contributed by atoms with Gasteiger partial charge in [0.2, 0.25) is 10.0 Å². The Kier molecular flexibility index (Phi) is 4.62. The number of nitrogens with one attached hydrogen (secondary N) is 1. The molecule has 0 saturated heterocycles. The Morgan fingerprint density at radius 2 is 1.31 bits per heavy atom. The van der Waals surface area contributed by atoms with E-state index in [4.69, 9.17) is 0 Å². The molecule has 0 aliphatic heterocycles. The summed E-state index contributed by atoms with van der Waals surface area (Å²) in [5, 5.41) is -0.394. The predicted octanol–water partition coefficient (Wildman–Crippen LogP) is 2.78. The van der Waals surface area contributed by atoms with E-state index in [1.54, 1.807) is 13.8 Å². The number of rotatable bonds is 5. The molecule has 0 radical (unpaired) electrons. The van der Waals surface area contributed by atoms with Crippen LogP contribution >= 0.6 is 0 Å². The Labute approximate surface area is 101 Å². The Morgan fingerprint density at radius 1 is 0.938 bits per heavy atom. The van der Waals surface area contributed by atoms with Gasteiger partial charge in [-0.25, -0.2) is 13.1 Å². The van der Waals surface area contributed by atoms with Crippen molar-refractivity contribution in [3.8, 4) is 0 Å². The second-order valence-corrected chi connectivity index (χ2v) is 8.43. The molecule has 0 rings (SSSR count). The molecular weight excluding hydrogens is 222 g/mol. The molecule has 0 aromatic heterocycles. The van der Waals surface area contributed by atoms with Gasteiger partial charge in [-0.15, -0.1) is 0 Å². The SMILES string of the molecule is CC(C)C(C)(C)C(C)(C)NS(=O)(=O)C(C)C. The van der Waals surface area contributed by atoms with E-state index in [0.717, 1.165) is 0 Å². The maximum Gasteiger partial charge on any atom is 0.214 e. The summed E-state index contributed by atoms with van der Waals surface area (Å²) >= 11 is 0. The van der Waals surface area contributed by atoms with E-state index in [-0.39, 0.29) is 5.41 Å². The Bertz CT molecular complexity index is 327. The highest BCUT2D eigenvalue weighted by molar-refractivity contribution is 7.90. The first-order chi connectivity index (χ1) is 6.84. The van der Waals surface area contributed by atoms with Crippen molar-refractivity contribution in [1.82, 2.24) is 4.72 Å². The monoisotopic (exact) mass is 249 g/mol. The molecule has 1 N–H and O–H groups in total. The van der Waals surface area contributed by atoms with E-state index in [0.29, 0.717) is 5.92 Å². The molecule has 0 unspecified atom stereocenters. The van der Waals surface area contributed by atoms with Crippen molar-refractivity contribution < 1.29 is 8.42 Å². The third-order valence-corrected chi connectivity index (χ3v) is 6.11. The molecule has 0 heterocycles. The van der Waals surface area contributed by atoms with Crippen LogP contribution in [0.15, 0.2) is 0 Å². The van der Waals surface area contributed by atoms with Gasteiger partial charge in [-0.3, -0.25) is 0 Å². The zero-order valence-corrected chi connectivity index (χ0v) is 12.7. The summed E-state index contributed by atoms with van der Waals surface area (Å²) in [6.07, 6.45) is 0. The minimum Gasteiger partial charge on any atom is -0.212 e. The van der Waals surface area contributed by atoms with Crippen LogP contribution in [-0.2, 0) is 10.0 Å². The van der Waals surface area contributed by atoms with Crippen LogP contribution in [0.1, 0.15) is 55.4 Å². The third-order valence-electron chi connectivity index (χ3n) is 4.07. The van der Waals surface area contributed by atoms with Crippen LogP contribution in [0.3, 0.4) is 0 Å². The van der Waals surface area contributed by atoms with Crippen LogP contribution in [-0.4, -0.2) is 19.2 Å². The molecule has 0 spiro atoms. The summed E-state index contributed by atoms with van der Waals surface area (Å²) in [7, 11) is -3.22. The Morgan fingerprint density at radius 3 is 1.56 bits per heavy atom. The lowest BCUT2D eigenvalue weighted by molar-refractivity contribution is 0.116. The number of hydrogen-bond acceptors (Lipinski definition) is 2. The second kappa shape index (κ2) is 4.65. The summed E-state index contributed by atoms with van der Waals surface area (Å²) in [5.41, 5.74) is -0.556. The van der Waals surface area contributed by atoms with E-state index in [2.05, 4.69) is 32.4 Å². The van der Waals surface area contributed by atoms with E-state index in [1.165, 1.54) is 0 Å². The van der Waals surface area contributed by atoms with Crippen LogP contribution in [0, 0.1) is 11.3 Å². The van der Waals surface area contributed by atoms with Gasteiger partial charge in [-0.05, 0) is 39.0 Å². The lowest BCUT2D eigenvalue weighted by atomic mass is 9.68. The van der Waals surface area contributed by atoms with Gasteiger partial charge in [-0.1, -0.05) is 27.7 Å². The lowest BCUT2D eigenvalue weighted by Gasteiger charge is -2.45. The van der Waals surface area contributed by atoms with Gasteiger partial charge in [0.05, 0.1) is 5.25 Å². The number of sulfonamides is 1. The smallest absolute Gasteiger partial charge is 0.212 e. The van der Waals surface area contributed by atoms with Gasteiger partial charge in [0.15, 0.2) is 0 Å². The first kappa shape index (κ1) is 15.9. The molecule has 0 amide bonds.